The molecule has 4 nitrogen and oxygen atoms in total. The Kier molecular flexibility index (Phi) is 4.68. The van der Waals surface area contributed by atoms with E-state index in [4.69, 9.17) is 9.47 Å². The molecule has 5 heteroatoms. The third kappa shape index (κ3) is 3.73. The maximum absolute atomic E-state index is 12.4. The van der Waals surface area contributed by atoms with Crippen molar-refractivity contribution in [3.63, 3.8) is 0 Å². The zero-order valence-electron chi connectivity index (χ0n) is 14.1. The molecule has 1 aromatic heterocycles. The first kappa shape index (κ1) is 17.0. The van der Waals surface area contributed by atoms with Crippen LogP contribution in [0.5, 0.6) is 11.5 Å². The number of hydrogen-bond acceptors (Lipinski definition) is 5. The average Bonchev–Trinajstić information content (AvgIpc) is 3.32. The Labute approximate surface area is 160 Å². The lowest BCUT2D eigenvalue weighted by Gasteiger charge is -2.04. The summed E-state index contributed by atoms with van der Waals surface area (Å²) in [5.41, 5.74) is 1.48. The number of rotatable bonds is 4. The number of carbonyl (C=O) groups excluding carboxylic acids is 2. The molecule has 3 aromatic rings. The molecular formula is C22H14O4S. The van der Waals surface area contributed by atoms with E-state index < -0.39 is 5.97 Å². The minimum Gasteiger partial charge on any atom is -0.452 e. The van der Waals surface area contributed by atoms with Crippen LogP contribution in [0.2, 0.25) is 0 Å². The highest BCUT2D eigenvalue weighted by molar-refractivity contribution is 7.12. The maximum atomic E-state index is 12.4. The van der Waals surface area contributed by atoms with Crippen LogP contribution < -0.4 is 9.47 Å². The normalized spacial score (nSPS) is 14.4. The molecule has 0 fully saturated rings. The van der Waals surface area contributed by atoms with Gasteiger partial charge in [0, 0.05) is 6.07 Å². The van der Waals surface area contributed by atoms with Crippen LogP contribution in [0.15, 0.2) is 84.0 Å². The molecule has 2 heterocycles. The lowest BCUT2D eigenvalue weighted by molar-refractivity contribution is 0.0739. The van der Waals surface area contributed by atoms with Gasteiger partial charge in [0.25, 0.3) is 0 Å². The molecule has 0 bridgehead atoms. The van der Waals surface area contributed by atoms with Gasteiger partial charge in [0.2, 0.25) is 5.78 Å². The minimum absolute atomic E-state index is 0.196. The van der Waals surface area contributed by atoms with E-state index in [0.29, 0.717) is 21.9 Å². The van der Waals surface area contributed by atoms with Gasteiger partial charge >= 0.3 is 5.97 Å². The van der Waals surface area contributed by atoms with Gasteiger partial charge in [-0.2, -0.15) is 0 Å². The van der Waals surface area contributed by atoms with Crippen LogP contribution in [-0.2, 0) is 0 Å². The Morgan fingerprint density at radius 2 is 1.89 bits per heavy atom. The van der Waals surface area contributed by atoms with Crippen LogP contribution in [-0.4, -0.2) is 11.8 Å². The van der Waals surface area contributed by atoms with Gasteiger partial charge in [-0.15, -0.1) is 11.3 Å². The number of esters is 1. The second kappa shape index (κ2) is 7.43. The van der Waals surface area contributed by atoms with Gasteiger partial charge in [-0.3, -0.25) is 4.79 Å². The van der Waals surface area contributed by atoms with Crippen molar-refractivity contribution < 1.29 is 19.1 Å². The van der Waals surface area contributed by atoms with Crippen LogP contribution in [0.4, 0.5) is 0 Å². The monoisotopic (exact) mass is 374 g/mol. The number of fused-ring (bicyclic) bond motifs is 1. The fourth-order valence-electron chi connectivity index (χ4n) is 2.61. The molecular weight excluding hydrogens is 360 g/mol. The summed E-state index contributed by atoms with van der Waals surface area (Å²) in [6.07, 6.45) is 5.29. The SMILES string of the molecule is O=C(Oc1ccc2c(c1)OC(=CC=Cc1ccccc1)C2=O)c1cccs1. The first-order chi connectivity index (χ1) is 13.2. The number of Topliss-reactive ketones (excluding diaryl/α,β-unsaturated/α-hetero) is 1. The fraction of sp³-hybridized carbons (Fsp3) is 0. The Morgan fingerprint density at radius 3 is 2.67 bits per heavy atom. The van der Waals surface area contributed by atoms with Gasteiger partial charge in [-0.1, -0.05) is 48.6 Å². The van der Waals surface area contributed by atoms with E-state index in [2.05, 4.69) is 0 Å². The lowest BCUT2D eigenvalue weighted by Crippen LogP contribution is -2.06. The number of carbonyl (C=O) groups is 2. The summed E-state index contributed by atoms with van der Waals surface area (Å²) in [6.45, 7) is 0. The van der Waals surface area contributed by atoms with Crippen molar-refractivity contribution in [3.8, 4) is 11.5 Å². The average molecular weight is 374 g/mol. The van der Waals surface area contributed by atoms with Crippen molar-refractivity contribution in [3.05, 3.63) is 100.0 Å². The molecule has 0 unspecified atom stereocenters. The van der Waals surface area contributed by atoms with E-state index in [1.165, 1.54) is 11.3 Å². The van der Waals surface area contributed by atoms with E-state index in [1.54, 1.807) is 47.9 Å². The van der Waals surface area contributed by atoms with Gasteiger partial charge in [0.1, 0.15) is 16.4 Å². The third-order valence-corrected chi connectivity index (χ3v) is 4.76. The molecule has 1 aliphatic rings. The standard InChI is InChI=1S/C22H14O4S/c23-21-17-12-11-16(25-22(24)20-10-5-13-27-20)14-19(17)26-18(21)9-4-8-15-6-2-1-3-7-15/h1-14H. The van der Waals surface area contributed by atoms with Gasteiger partial charge in [-0.25, -0.2) is 4.79 Å². The Balaban J connectivity index is 1.49. The first-order valence-electron chi connectivity index (χ1n) is 8.26. The van der Waals surface area contributed by atoms with Crippen molar-refractivity contribution >= 4 is 29.2 Å². The molecule has 132 valence electrons. The highest BCUT2D eigenvalue weighted by Crippen LogP contribution is 2.34. The van der Waals surface area contributed by atoms with Crippen molar-refractivity contribution in [1.29, 1.82) is 0 Å². The zero-order chi connectivity index (χ0) is 18.6. The Morgan fingerprint density at radius 1 is 1.04 bits per heavy atom. The van der Waals surface area contributed by atoms with Crippen molar-refractivity contribution in [2.45, 2.75) is 0 Å². The largest absolute Gasteiger partial charge is 0.452 e. The minimum atomic E-state index is -0.434. The summed E-state index contributed by atoms with van der Waals surface area (Å²) in [4.78, 5) is 25.0. The van der Waals surface area contributed by atoms with Gasteiger partial charge in [0.05, 0.1) is 5.56 Å². The quantitative estimate of drug-likeness (QED) is 0.360. The van der Waals surface area contributed by atoms with Crippen LogP contribution >= 0.6 is 11.3 Å². The van der Waals surface area contributed by atoms with Crippen molar-refractivity contribution in [2.75, 3.05) is 0 Å². The Hall–Kier alpha value is -3.44. The molecule has 0 atom stereocenters. The molecule has 2 aromatic carbocycles. The first-order valence-corrected chi connectivity index (χ1v) is 9.14. The summed E-state index contributed by atoms with van der Waals surface area (Å²) in [5, 5.41) is 1.81. The van der Waals surface area contributed by atoms with Gasteiger partial charge < -0.3 is 9.47 Å². The van der Waals surface area contributed by atoms with Gasteiger partial charge in [-0.05, 0) is 35.2 Å². The molecule has 0 radical (unpaired) electrons. The van der Waals surface area contributed by atoms with Crippen molar-refractivity contribution in [2.24, 2.45) is 0 Å². The second-order valence-electron chi connectivity index (χ2n) is 5.76. The second-order valence-corrected chi connectivity index (χ2v) is 6.70. The fourth-order valence-corrected chi connectivity index (χ4v) is 3.21. The summed E-state index contributed by atoms with van der Waals surface area (Å²) in [7, 11) is 0. The topological polar surface area (TPSA) is 52.6 Å². The molecule has 4 rings (SSSR count). The molecule has 0 saturated carbocycles. The lowest BCUT2D eigenvalue weighted by atomic mass is 10.1. The van der Waals surface area contributed by atoms with Crippen LogP contribution in [0.25, 0.3) is 6.08 Å². The molecule has 0 spiro atoms. The summed E-state index contributed by atoms with van der Waals surface area (Å²) in [6, 6.07) is 18.0. The van der Waals surface area contributed by atoms with Crippen LogP contribution in [0.3, 0.4) is 0 Å². The third-order valence-electron chi connectivity index (χ3n) is 3.91. The van der Waals surface area contributed by atoms with E-state index >= 15 is 0 Å². The molecule has 0 saturated heterocycles. The summed E-state index contributed by atoms with van der Waals surface area (Å²) >= 11 is 1.31. The maximum Gasteiger partial charge on any atom is 0.353 e. The highest BCUT2D eigenvalue weighted by atomic mass is 32.1. The highest BCUT2D eigenvalue weighted by Gasteiger charge is 2.27. The number of allylic oxidation sites excluding steroid dienone is 3. The number of benzene rings is 2. The molecule has 1 aliphatic heterocycles. The van der Waals surface area contributed by atoms with E-state index in [1.807, 2.05) is 36.4 Å². The smallest absolute Gasteiger partial charge is 0.353 e. The zero-order valence-corrected chi connectivity index (χ0v) is 14.9. The van der Waals surface area contributed by atoms with E-state index in [-0.39, 0.29) is 11.5 Å². The van der Waals surface area contributed by atoms with Crippen LogP contribution in [0.1, 0.15) is 25.6 Å². The number of ether oxygens (including phenoxy) is 2. The number of hydrogen-bond donors (Lipinski definition) is 0. The Bertz CT molecular complexity index is 1050. The number of ketones is 1. The summed E-state index contributed by atoms with van der Waals surface area (Å²) in [5.74, 6) is 0.325. The van der Waals surface area contributed by atoms with Crippen molar-refractivity contribution in [1.82, 2.24) is 0 Å². The molecule has 0 N–H and O–H groups in total. The van der Waals surface area contributed by atoms with E-state index in [0.717, 1.165) is 5.56 Å². The number of thiophene rings is 1. The van der Waals surface area contributed by atoms with E-state index in [9.17, 15) is 9.59 Å². The van der Waals surface area contributed by atoms with Gasteiger partial charge in [0.15, 0.2) is 5.76 Å². The predicted octanol–water partition coefficient (Wildman–Crippen LogP) is 5.14. The molecule has 0 amide bonds. The predicted molar refractivity (Wildman–Crippen MR) is 104 cm³/mol. The summed E-state index contributed by atoms with van der Waals surface area (Å²) < 4.78 is 11.0. The van der Waals surface area contributed by atoms with Crippen LogP contribution in [0, 0.1) is 0 Å². The molecule has 0 aliphatic carbocycles. The molecule has 27 heavy (non-hydrogen) atoms.